The number of carbonyl (C=O) groups excluding carboxylic acids is 1. The maximum absolute atomic E-state index is 12.5. The van der Waals surface area contributed by atoms with Crippen LogP contribution in [0.25, 0.3) is 0 Å². The van der Waals surface area contributed by atoms with Crippen molar-refractivity contribution in [3.8, 4) is 11.8 Å². The molecule has 3 rings (SSSR count). The Morgan fingerprint density at radius 3 is 2.40 bits per heavy atom. The molecule has 1 aromatic carbocycles. The summed E-state index contributed by atoms with van der Waals surface area (Å²) in [5.41, 5.74) is 0.489. The lowest BCUT2D eigenvalue weighted by atomic mass is 9.72. The molecule has 0 radical (unpaired) electrons. The van der Waals surface area contributed by atoms with Gasteiger partial charge in [0.25, 0.3) is 0 Å². The van der Waals surface area contributed by atoms with Gasteiger partial charge in [-0.05, 0) is 57.5 Å². The highest BCUT2D eigenvalue weighted by Crippen LogP contribution is 2.40. The molecular weight excluding hydrogens is 316 g/mol. The molecule has 1 aliphatic carbocycles. The molecule has 1 spiro atoms. The van der Waals surface area contributed by atoms with Gasteiger partial charge in [0, 0.05) is 13.1 Å². The third kappa shape index (κ3) is 3.29. The molecule has 1 saturated carbocycles. The second-order valence-electron chi connectivity index (χ2n) is 7.45. The minimum atomic E-state index is -0.403. The fraction of sp³-hybridized carbons (Fsp3) is 0.579. The van der Waals surface area contributed by atoms with E-state index in [1.807, 2.05) is 48.2 Å². The zero-order valence-corrected chi connectivity index (χ0v) is 15.2. The second kappa shape index (κ2) is 6.57. The molecule has 6 nitrogen and oxygen atoms in total. The molecule has 1 N–H and O–H groups in total. The maximum Gasteiger partial charge on any atom is 0.318 e. The smallest absolute Gasteiger partial charge is 0.318 e. The Morgan fingerprint density at radius 1 is 1.24 bits per heavy atom. The zero-order valence-electron chi connectivity index (χ0n) is 15.2. The highest BCUT2D eigenvalue weighted by atomic mass is 16.5. The van der Waals surface area contributed by atoms with E-state index in [1.165, 1.54) is 0 Å². The SMILES string of the molecule is COc1ccc(CN2CC3(CCC(C#N)(N(C)C)CC3)NC2=O)cc1. The average molecular weight is 342 g/mol. The van der Waals surface area contributed by atoms with Crippen molar-refractivity contribution in [3.05, 3.63) is 29.8 Å². The zero-order chi connectivity index (χ0) is 18.1. The molecule has 0 aromatic heterocycles. The van der Waals surface area contributed by atoms with E-state index >= 15 is 0 Å². The van der Waals surface area contributed by atoms with E-state index in [9.17, 15) is 10.1 Å². The quantitative estimate of drug-likeness (QED) is 0.912. The summed E-state index contributed by atoms with van der Waals surface area (Å²) < 4.78 is 5.18. The number of carbonyl (C=O) groups is 1. The van der Waals surface area contributed by atoms with Gasteiger partial charge in [-0.15, -0.1) is 0 Å². The number of nitrogens with zero attached hydrogens (tertiary/aromatic N) is 3. The summed E-state index contributed by atoms with van der Waals surface area (Å²) in [7, 11) is 5.57. The fourth-order valence-corrected chi connectivity index (χ4v) is 3.95. The van der Waals surface area contributed by atoms with E-state index in [2.05, 4.69) is 11.4 Å². The van der Waals surface area contributed by atoms with Crippen LogP contribution in [0, 0.1) is 11.3 Å². The first-order chi connectivity index (χ1) is 11.9. The van der Waals surface area contributed by atoms with Crippen molar-refractivity contribution in [2.45, 2.75) is 43.3 Å². The van der Waals surface area contributed by atoms with Crippen LogP contribution < -0.4 is 10.1 Å². The molecule has 134 valence electrons. The highest BCUT2D eigenvalue weighted by Gasteiger charge is 2.49. The molecule has 2 aliphatic rings. The molecule has 2 fully saturated rings. The minimum absolute atomic E-state index is 0.00914. The molecule has 1 heterocycles. The van der Waals surface area contributed by atoms with E-state index < -0.39 is 5.54 Å². The van der Waals surface area contributed by atoms with Crippen molar-refractivity contribution < 1.29 is 9.53 Å². The number of benzene rings is 1. The van der Waals surface area contributed by atoms with Crippen molar-refractivity contribution in [2.75, 3.05) is 27.7 Å². The predicted molar refractivity (Wildman–Crippen MR) is 95.2 cm³/mol. The molecule has 0 bridgehead atoms. The number of methoxy groups -OCH3 is 1. The minimum Gasteiger partial charge on any atom is -0.497 e. The largest absolute Gasteiger partial charge is 0.497 e. The summed E-state index contributed by atoms with van der Waals surface area (Å²) >= 11 is 0. The van der Waals surface area contributed by atoms with Crippen LogP contribution in [0.2, 0.25) is 0 Å². The summed E-state index contributed by atoms with van der Waals surface area (Å²) in [6, 6.07) is 10.3. The Bertz CT molecular complexity index is 670. The summed E-state index contributed by atoms with van der Waals surface area (Å²) in [6.45, 7) is 1.29. The van der Waals surface area contributed by atoms with Crippen LogP contribution in [0.4, 0.5) is 4.79 Å². The lowest BCUT2D eigenvalue weighted by Gasteiger charge is -2.44. The standard InChI is InChI=1S/C19H26N4O2/c1-22(2)19(13-20)10-8-18(9-11-19)14-23(17(24)21-18)12-15-4-6-16(25-3)7-5-15/h4-7H,8-12,14H2,1-3H3,(H,21,24). The Morgan fingerprint density at radius 2 is 1.88 bits per heavy atom. The van der Waals surface area contributed by atoms with Crippen LogP contribution in [0.1, 0.15) is 31.2 Å². The highest BCUT2D eigenvalue weighted by molar-refractivity contribution is 5.78. The third-order valence-electron chi connectivity index (χ3n) is 5.78. The number of hydrogen-bond donors (Lipinski definition) is 1. The Kier molecular flexibility index (Phi) is 4.61. The van der Waals surface area contributed by atoms with Crippen molar-refractivity contribution in [3.63, 3.8) is 0 Å². The summed E-state index contributed by atoms with van der Waals surface area (Å²) in [5.74, 6) is 0.815. The third-order valence-corrected chi connectivity index (χ3v) is 5.78. The lowest BCUT2D eigenvalue weighted by molar-refractivity contribution is 0.109. The normalized spacial score (nSPS) is 28.9. The Balaban J connectivity index is 1.65. The van der Waals surface area contributed by atoms with Gasteiger partial charge in [-0.3, -0.25) is 4.90 Å². The number of urea groups is 1. The molecule has 0 unspecified atom stereocenters. The Labute approximate surface area is 149 Å². The van der Waals surface area contributed by atoms with Crippen molar-refractivity contribution >= 4 is 6.03 Å². The number of hydrogen-bond acceptors (Lipinski definition) is 4. The van der Waals surface area contributed by atoms with E-state index in [4.69, 9.17) is 4.74 Å². The van der Waals surface area contributed by atoms with E-state index in [0.29, 0.717) is 13.1 Å². The predicted octanol–water partition coefficient (Wildman–Crippen LogP) is 2.36. The van der Waals surface area contributed by atoms with Crippen LogP contribution in [0.15, 0.2) is 24.3 Å². The van der Waals surface area contributed by atoms with Gasteiger partial charge >= 0.3 is 6.03 Å². The number of amides is 2. The fourth-order valence-electron chi connectivity index (χ4n) is 3.95. The molecule has 2 amide bonds. The van der Waals surface area contributed by atoms with Gasteiger partial charge in [0.2, 0.25) is 0 Å². The van der Waals surface area contributed by atoms with Crippen molar-refractivity contribution in [1.29, 1.82) is 5.26 Å². The molecule has 0 atom stereocenters. The van der Waals surface area contributed by atoms with Crippen LogP contribution >= 0.6 is 0 Å². The van der Waals surface area contributed by atoms with E-state index in [1.54, 1.807) is 7.11 Å². The van der Waals surface area contributed by atoms with Crippen molar-refractivity contribution in [2.24, 2.45) is 0 Å². The summed E-state index contributed by atoms with van der Waals surface area (Å²) in [5, 5.41) is 12.8. The van der Waals surface area contributed by atoms with Gasteiger partial charge in [-0.25, -0.2) is 4.79 Å². The van der Waals surface area contributed by atoms with Gasteiger partial charge in [0.1, 0.15) is 11.3 Å². The van der Waals surface area contributed by atoms with Crippen LogP contribution in [0.3, 0.4) is 0 Å². The van der Waals surface area contributed by atoms with Gasteiger partial charge in [0.05, 0.1) is 18.7 Å². The van der Waals surface area contributed by atoms with Crippen LogP contribution in [-0.4, -0.2) is 54.7 Å². The summed E-state index contributed by atoms with van der Waals surface area (Å²) in [4.78, 5) is 16.3. The molecule has 1 saturated heterocycles. The molecule has 6 heteroatoms. The Hall–Kier alpha value is -2.26. The van der Waals surface area contributed by atoms with E-state index in [-0.39, 0.29) is 11.6 Å². The topological polar surface area (TPSA) is 68.6 Å². The number of nitriles is 1. The van der Waals surface area contributed by atoms with Gasteiger partial charge in [-0.1, -0.05) is 12.1 Å². The number of ether oxygens (including phenoxy) is 1. The van der Waals surface area contributed by atoms with Gasteiger partial charge < -0.3 is 15.0 Å². The first-order valence-electron chi connectivity index (χ1n) is 8.71. The second-order valence-corrected chi connectivity index (χ2v) is 7.45. The first kappa shape index (κ1) is 17.6. The van der Waals surface area contributed by atoms with Crippen molar-refractivity contribution in [1.82, 2.24) is 15.1 Å². The first-order valence-corrected chi connectivity index (χ1v) is 8.71. The van der Waals surface area contributed by atoms with E-state index in [0.717, 1.165) is 37.0 Å². The summed E-state index contributed by atoms with van der Waals surface area (Å²) in [6.07, 6.45) is 3.24. The monoisotopic (exact) mass is 342 g/mol. The average Bonchev–Trinajstić information content (AvgIpc) is 2.91. The molecular formula is C19H26N4O2. The van der Waals surface area contributed by atoms with Crippen LogP contribution in [0.5, 0.6) is 5.75 Å². The maximum atomic E-state index is 12.5. The van der Waals surface area contributed by atoms with Crippen LogP contribution in [-0.2, 0) is 6.54 Å². The van der Waals surface area contributed by atoms with Gasteiger partial charge in [-0.2, -0.15) is 5.26 Å². The number of rotatable bonds is 4. The molecule has 25 heavy (non-hydrogen) atoms. The molecule has 1 aliphatic heterocycles. The lowest BCUT2D eigenvalue weighted by Crippen LogP contribution is -2.54. The van der Waals surface area contributed by atoms with Gasteiger partial charge in [0.15, 0.2) is 0 Å². The molecule has 1 aromatic rings. The number of nitrogens with one attached hydrogen (secondary N) is 1.